The number of thiophene rings is 1. The van der Waals surface area contributed by atoms with Crippen LogP contribution >= 0.6 is 22.7 Å². The maximum Gasteiger partial charge on any atom is 0.270 e. The molecule has 3 heterocycles. The second kappa shape index (κ2) is 8.60. The molecular formula is C22H17N5O4S2. The van der Waals surface area contributed by atoms with Crippen LogP contribution in [0.5, 0.6) is 5.75 Å². The number of benzene rings is 2. The van der Waals surface area contributed by atoms with Crippen molar-refractivity contribution in [3.63, 3.8) is 0 Å². The first-order valence-corrected chi connectivity index (χ1v) is 11.6. The quantitative estimate of drug-likeness (QED) is 0.241. The highest BCUT2D eigenvalue weighted by molar-refractivity contribution is 7.23. The third kappa shape index (κ3) is 4.15. The van der Waals surface area contributed by atoms with Crippen molar-refractivity contribution in [1.82, 2.24) is 14.8 Å². The SMILES string of the molecule is COc1ccc2nc(N(CCn3cccn3)C(=O)c3cc4cc([N+](=O)[O-])ccc4s3)sc2c1. The number of aromatic nitrogens is 3. The largest absolute Gasteiger partial charge is 0.497 e. The van der Waals surface area contributed by atoms with Crippen molar-refractivity contribution >= 4 is 59.7 Å². The predicted octanol–water partition coefficient (Wildman–Crippen LogP) is 4.97. The predicted molar refractivity (Wildman–Crippen MR) is 129 cm³/mol. The van der Waals surface area contributed by atoms with Gasteiger partial charge >= 0.3 is 0 Å². The number of carbonyl (C=O) groups excluding carboxylic acids is 1. The van der Waals surface area contributed by atoms with E-state index < -0.39 is 4.92 Å². The van der Waals surface area contributed by atoms with Gasteiger partial charge in [-0.2, -0.15) is 5.10 Å². The van der Waals surface area contributed by atoms with Crippen LogP contribution in [0.15, 0.2) is 60.9 Å². The maximum atomic E-state index is 13.6. The monoisotopic (exact) mass is 479 g/mol. The number of nitro benzene ring substituents is 1. The molecule has 0 N–H and O–H groups in total. The Bertz CT molecular complexity index is 1480. The van der Waals surface area contributed by atoms with Crippen molar-refractivity contribution in [2.75, 3.05) is 18.6 Å². The number of anilines is 1. The molecule has 1 amide bonds. The minimum atomic E-state index is -0.440. The van der Waals surface area contributed by atoms with Crippen molar-refractivity contribution in [1.29, 1.82) is 0 Å². The lowest BCUT2D eigenvalue weighted by Gasteiger charge is -2.19. The van der Waals surface area contributed by atoms with Crippen LogP contribution in [0.3, 0.4) is 0 Å². The number of thiazole rings is 1. The Morgan fingerprint density at radius 2 is 2.06 bits per heavy atom. The molecule has 5 aromatic rings. The summed E-state index contributed by atoms with van der Waals surface area (Å²) < 4.78 is 8.78. The van der Waals surface area contributed by atoms with Gasteiger partial charge in [-0.05, 0) is 36.4 Å². The molecule has 0 atom stereocenters. The number of methoxy groups -OCH3 is 1. The van der Waals surface area contributed by atoms with E-state index in [9.17, 15) is 14.9 Å². The number of nitro groups is 1. The van der Waals surface area contributed by atoms with Gasteiger partial charge in [0.25, 0.3) is 11.6 Å². The number of nitrogens with zero attached hydrogens (tertiary/aromatic N) is 5. The molecule has 0 fully saturated rings. The van der Waals surface area contributed by atoms with E-state index in [-0.39, 0.29) is 11.6 Å². The smallest absolute Gasteiger partial charge is 0.270 e. The number of non-ortho nitro benzene ring substituents is 1. The molecule has 0 bridgehead atoms. The molecule has 33 heavy (non-hydrogen) atoms. The number of ether oxygens (including phenoxy) is 1. The Morgan fingerprint density at radius 3 is 2.82 bits per heavy atom. The summed E-state index contributed by atoms with van der Waals surface area (Å²) in [7, 11) is 1.61. The molecule has 9 nitrogen and oxygen atoms in total. The zero-order valence-corrected chi connectivity index (χ0v) is 19.0. The number of hydrogen-bond donors (Lipinski definition) is 0. The summed E-state index contributed by atoms with van der Waals surface area (Å²) in [6.45, 7) is 0.861. The molecule has 0 radical (unpaired) electrons. The molecule has 2 aromatic carbocycles. The summed E-state index contributed by atoms with van der Waals surface area (Å²) >= 11 is 2.71. The second-order valence-electron chi connectivity index (χ2n) is 7.15. The fourth-order valence-corrected chi connectivity index (χ4v) is 5.45. The summed E-state index contributed by atoms with van der Waals surface area (Å²) in [5, 5.41) is 16.6. The lowest BCUT2D eigenvalue weighted by molar-refractivity contribution is -0.384. The Hall–Kier alpha value is -3.83. The first-order chi connectivity index (χ1) is 16.0. The summed E-state index contributed by atoms with van der Waals surface area (Å²) in [4.78, 5) is 31.1. The molecule has 0 aliphatic carbocycles. The highest BCUT2D eigenvalue weighted by Gasteiger charge is 2.24. The van der Waals surface area contributed by atoms with Gasteiger partial charge in [-0.1, -0.05) is 11.3 Å². The highest BCUT2D eigenvalue weighted by Crippen LogP contribution is 2.34. The van der Waals surface area contributed by atoms with Crippen LogP contribution in [0.1, 0.15) is 9.67 Å². The average molecular weight is 480 g/mol. The van der Waals surface area contributed by atoms with E-state index in [2.05, 4.69) is 10.1 Å². The van der Waals surface area contributed by atoms with Crippen molar-refractivity contribution in [2.24, 2.45) is 0 Å². The van der Waals surface area contributed by atoms with Gasteiger partial charge in [0.05, 0.1) is 33.7 Å². The maximum absolute atomic E-state index is 13.6. The normalized spacial score (nSPS) is 11.2. The van der Waals surface area contributed by atoms with Gasteiger partial charge in [0, 0.05) is 41.2 Å². The molecule has 0 saturated carbocycles. The Labute approximate surface area is 195 Å². The Morgan fingerprint density at radius 1 is 1.18 bits per heavy atom. The third-order valence-corrected chi connectivity index (χ3v) is 7.24. The van der Waals surface area contributed by atoms with E-state index in [1.54, 1.807) is 35.0 Å². The van der Waals surface area contributed by atoms with Crippen LogP contribution in [0.4, 0.5) is 10.8 Å². The fourth-order valence-electron chi connectivity index (χ4n) is 3.44. The molecule has 166 valence electrons. The van der Waals surface area contributed by atoms with Gasteiger partial charge in [-0.3, -0.25) is 24.5 Å². The van der Waals surface area contributed by atoms with E-state index in [1.807, 2.05) is 30.5 Å². The van der Waals surface area contributed by atoms with Crippen LogP contribution in [-0.2, 0) is 6.54 Å². The second-order valence-corrected chi connectivity index (χ2v) is 9.24. The van der Waals surface area contributed by atoms with Crippen molar-refractivity contribution in [3.8, 4) is 5.75 Å². The molecule has 0 unspecified atom stereocenters. The van der Waals surface area contributed by atoms with Crippen molar-refractivity contribution in [2.45, 2.75) is 6.54 Å². The van der Waals surface area contributed by atoms with Gasteiger partial charge in [-0.15, -0.1) is 11.3 Å². The highest BCUT2D eigenvalue weighted by atomic mass is 32.1. The van der Waals surface area contributed by atoms with Crippen LogP contribution in [0.25, 0.3) is 20.3 Å². The summed E-state index contributed by atoms with van der Waals surface area (Å²) in [5.41, 5.74) is 0.773. The third-order valence-electron chi connectivity index (χ3n) is 5.09. The van der Waals surface area contributed by atoms with Crippen LogP contribution in [0.2, 0.25) is 0 Å². The van der Waals surface area contributed by atoms with E-state index >= 15 is 0 Å². The lowest BCUT2D eigenvalue weighted by atomic mass is 10.2. The van der Waals surface area contributed by atoms with Crippen molar-refractivity contribution in [3.05, 3.63) is 75.9 Å². The molecule has 3 aromatic heterocycles. The van der Waals surface area contributed by atoms with E-state index in [4.69, 9.17) is 4.74 Å². The molecule has 0 aliphatic heterocycles. The summed E-state index contributed by atoms with van der Waals surface area (Å²) in [6, 6.07) is 13.7. The molecular weight excluding hydrogens is 462 g/mol. The van der Waals surface area contributed by atoms with Gasteiger partial charge in [0.15, 0.2) is 5.13 Å². The molecule has 0 spiro atoms. The summed E-state index contributed by atoms with van der Waals surface area (Å²) in [5.74, 6) is 0.509. The molecule has 11 heteroatoms. The van der Waals surface area contributed by atoms with Crippen LogP contribution in [0, 0.1) is 10.1 Å². The van der Waals surface area contributed by atoms with E-state index in [0.29, 0.717) is 28.5 Å². The van der Waals surface area contributed by atoms with E-state index in [0.717, 1.165) is 20.7 Å². The number of hydrogen-bond acceptors (Lipinski definition) is 8. The number of rotatable bonds is 7. The lowest BCUT2D eigenvalue weighted by Crippen LogP contribution is -2.33. The Balaban J connectivity index is 1.52. The molecule has 0 saturated heterocycles. The average Bonchev–Trinajstić information content (AvgIpc) is 3.56. The number of fused-ring (bicyclic) bond motifs is 2. The van der Waals surface area contributed by atoms with Crippen molar-refractivity contribution < 1.29 is 14.5 Å². The molecule has 0 aliphatic rings. The van der Waals surface area contributed by atoms with Gasteiger partial charge in [-0.25, -0.2) is 4.98 Å². The topological polar surface area (TPSA) is 103 Å². The first kappa shape index (κ1) is 21.0. The van der Waals surface area contributed by atoms with Crippen LogP contribution < -0.4 is 9.64 Å². The van der Waals surface area contributed by atoms with E-state index in [1.165, 1.54) is 34.8 Å². The summed E-state index contributed by atoms with van der Waals surface area (Å²) in [6.07, 6.45) is 3.53. The fraction of sp³-hybridized carbons (Fsp3) is 0.136. The van der Waals surface area contributed by atoms with Gasteiger partial charge < -0.3 is 4.74 Å². The molecule has 5 rings (SSSR count). The standard InChI is InChI=1S/C22H17N5O4S2/c1-31-16-4-5-17-19(13-16)33-22(24-17)26(10-9-25-8-2-7-23-25)21(28)20-12-14-11-15(27(29)30)3-6-18(14)32-20/h2-8,11-13H,9-10H2,1H3. The first-order valence-electron chi connectivity index (χ1n) is 9.94. The minimum Gasteiger partial charge on any atom is -0.497 e. The zero-order valence-electron chi connectivity index (χ0n) is 17.4. The number of carbonyl (C=O) groups is 1. The Kier molecular flexibility index (Phi) is 5.48. The zero-order chi connectivity index (χ0) is 22.9. The van der Waals surface area contributed by atoms with Gasteiger partial charge in [0.2, 0.25) is 0 Å². The minimum absolute atomic E-state index is 0.00467. The van der Waals surface area contributed by atoms with Crippen LogP contribution in [-0.4, -0.2) is 39.2 Å². The number of amides is 1. The van der Waals surface area contributed by atoms with Gasteiger partial charge in [0.1, 0.15) is 5.75 Å².